The summed E-state index contributed by atoms with van der Waals surface area (Å²) >= 11 is 0. The normalized spacial score (nSPS) is 22.8. The van der Waals surface area contributed by atoms with Gasteiger partial charge in [0.05, 0.1) is 0 Å². The molecule has 1 fully saturated rings. The van der Waals surface area contributed by atoms with Crippen LogP contribution in [0.1, 0.15) is 40.0 Å². The molecule has 90 valence electrons. The second kappa shape index (κ2) is 7.24. The van der Waals surface area contributed by atoms with Gasteiger partial charge in [-0.05, 0) is 44.4 Å². The molecule has 1 atom stereocenters. The molecule has 1 N–H and O–H groups in total. The monoisotopic (exact) mass is 212 g/mol. The van der Waals surface area contributed by atoms with E-state index in [9.17, 15) is 0 Å². The van der Waals surface area contributed by atoms with Gasteiger partial charge in [-0.25, -0.2) is 0 Å². The first-order valence-electron chi connectivity index (χ1n) is 6.73. The molecule has 0 aromatic carbocycles. The maximum atomic E-state index is 3.65. The third-order valence-corrected chi connectivity index (χ3v) is 3.84. The molecule has 1 aliphatic heterocycles. The van der Waals surface area contributed by atoms with Crippen LogP contribution in [0.5, 0.6) is 0 Å². The highest BCUT2D eigenvalue weighted by molar-refractivity contribution is 4.76. The van der Waals surface area contributed by atoms with Crippen LogP contribution >= 0.6 is 0 Å². The lowest BCUT2D eigenvalue weighted by molar-refractivity contribution is 0.335. The number of hydrogen-bond acceptors (Lipinski definition) is 2. The Labute approximate surface area is 95.4 Å². The molecule has 0 spiro atoms. The first-order valence-corrected chi connectivity index (χ1v) is 6.73. The van der Waals surface area contributed by atoms with Crippen molar-refractivity contribution in [3.8, 4) is 0 Å². The van der Waals surface area contributed by atoms with Gasteiger partial charge in [-0.1, -0.05) is 33.6 Å². The van der Waals surface area contributed by atoms with Gasteiger partial charge in [0, 0.05) is 6.54 Å². The van der Waals surface area contributed by atoms with E-state index in [0.717, 1.165) is 11.8 Å². The Morgan fingerprint density at radius 3 is 2.53 bits per heavy atom. The number of hydrogen-bond donors (Lipinski definition) is 1. The van der Waals surface area contributed by atoms with Crippen LogP contribution in [0.15, 0.2) is 0 Å². The lowest BCUT2D eigenvalue weighted by Crippen LogP contribution is -2.29. The van der Waals surface area contributed by atoms with E-state index in [2.05, 4.69) is 31.0 Å². The quantitative estimate of drug-likeness (QED) is 0.697. The Balaban J connectivity index is 2.05. The maximum absolute atomic E-state index is 3.65. The Bertz CT molecular complexity index is 155. The van der Waals surface area contributed by atoms with Gasteiger partial charge in [-0.2, -0.15) is 0 Å². The average Bonchev–Trinajstić information content (AvgIpc) is 2.72. The molecule has 0 bridgehead atoms. The second-order valence-electron chi connectivity index (χ2n) is 4.89. The molecule has 1 saturated heterocycles. The third-order valence-electron chi connectivity index (χ3n) is 3.84. The summed E-state index contributed by atoms with van der Waals surface area (Å²) in [5.41, 5.74) is 0. The Hall–Kier alpha value is -0.0800. The van der Waals surface area contributed by atoms with E-state index in [1.54, 1.807) is 0 Å². The van der Waals surface area contributed by atoms with E-state index >= 15 is 0 Å². The Kier molecular flexibility index (Phi) is 6.26. The van der Waals surface area contributed by atoms with E-state index in [1.807, 2.05) is 0 Å². The van der Waals surface area contributed by atoms with Gasteiger partial charge in [0.2, 0.25) is 0 Å². The van der Waals surface area contributed by atoms with Crippen molar-refractivity contribution >= 4 is 0 Å². The largest absolute Gasteiger partial charge is 0.316 e. The van der Waals surface area contributed by atoms with E-state index in [4.69, 9.17) is 0 Å². The summed E-state index contributed by atoms with van der Waals surface area (Å²) in [5.74, 6) is 1.79. The smallest absolute Gasteiger partial charge is 0.00222 e. The molecule has 0 radical (unpaired) electrons. The van der Waals surface area contributed by atoms with Crippen LogP contribution in [0.25, 0.3) is 0 Å². The van der Waals surface area contributed by atoms with Crippen molar-refractivity contribution in [3.05, 3.63) is 0 Å². The van der Waals surface area contributed by atoms with Crippen molar-refractivity contribution in [2.24, 2.45) is 11.8 Å². The molecule has 1 aliphatic rings. The summed E-state index contributed by atoms with van der Waals surface area (Å²) < 4.78 is 0. The topological polar surface area (TPSA) is 15.3 Å². The molecule has 0 saturated carbocycles. The molecule has 0 amide bonds. The molecular weight excluding hydrogens is 184 g/mol. The predicted molar refractivity (Wildman–Crippen MR) is 67.2 cm³/mol. The first kappa shape index (κ1) is 13.0. The molecule has 2 heteroatoms. The summed E-state index contributed by atoms with van der Waals surface area (Å²) in [6, 6.07) is 0. The zero-order valence-electron chi connectivity index (χ0n) is 10.8. The van der Waals surface area contributed by atoms with Crippen LogP contribution in [0.3, 0.4) is 0 Å². The summed E-state index contributed by atoms with van der Waals surface area (Å²) in [5, 5.41) is 3.65. The molecular formula is C13H28N2. The van der Waals surface area contributed by atoms with E-state index in [1.165, 1.54) is 52.0 Å². The third kappa shape index (κ3) is 4.52. The lowest BCUT2D eigenvalue weighted by atomic mass is 10.0. The maximum Gasteiger partial charge on any atom is 0.00222 e. The van der Waals surface area contributed by atoms with Gasteiger partial charge in [0.1, 0.15) is 0 Å². The van der Waals surface area contributed by atoms with Crippen molar-refractivity contribution in [1.82, 2.24) is 10.2 Å². The summed E-state index contributed by atoms with van der Waals surface area (Å²) in [7, 11) is 0. The van der Waals surface area contributed by atoms with Crippen molar-refractivity contribution in [2.45, 2.75) is 40.0 Å². The summed E-state index contributed by atoms with van der Waals surface area (Å²) in [6.45, 7) is 13.2. The van der Waals surface area contributed by atoms with Gasteiger partial charge in [0.15, 0.2) is 0 Å². The van der Waals surface area contributed by atoms with Crippen LogP contribution in [0.4, 0.5) is 0 Å². The minimum absolute atomic E-state index is 0.883. The predicted octanol–water partition coefficient (Wildman–Crippen LogP) is 2.35. The van der Waals surface area contributed by atoms with Crippen molar-refractivity contribution in [2.75, 3.05) is 32.7 Å². The van der Waals surface area contributed by atoms with Crippen LogP contribution in [0.2, 0.25) is 0 Å². The highest BCUT2D eigenvalue weighted by Gasteiger charge is 2.20. The average molecular weight is 212 g/mol. The van der Waals surface area contributed by atoms with E-state index < -0.39 is 0 Å². The van der Waals surface area contributed by atoms with Crippen LogP contribution < -0.4 is 5.32 Å². The molecule has 0 aromatic heterocycles. The summed E-state index contributed by atoms with van der Waals surface area (Å²) in [4.78, 5) is 2.56. The molecule has 0 aliphatic carbocycles. The van der Waals surface area contributed by atoms with Gasteiger partial charge >= 0.3 is 0 Å². The van der Waals surface area contributed by atoms with Crippen LogP contribution in [0, 0.1) is 11.8 Å². The zero-order chi connectivity index (χ0) is 11.1. The van der Waals surface area contributed by atoms with Gasteiger partial charge in [-0.3, -0.25) is 0 Å². The molecule has 1 heterocycles. The molecule has 1 rings (SSSR count). The molecule has 1 unspecified atom stereocenters. The van der Waals surface area contributed by atoms with E-state index in [0.29, 0.717) is 0 Å². The van der Waals surface area contributed by atoms with Gasteiger partial charge in [-0.15, -0.1) is 0 Å². The minimum atomic E-state index is 0.883. The zero-order valence-corrected chi connectivity index (χ0v) is 10.8. The molecule has 2 nitrogen and oxygen atoms in total. The van der Waals surface area contributed by atoms with Crippen LogP contribution in [-0.4, -0.2) is 37.6 Å². The Morgan fingerprint density at radius 2 is 2.00 bits per heavy atom. The molecule has 15 heavy (non-hydrogen) atoms. The van der Waals surface area contributed by atoms with Gasteiger partial charge in [0.25, 0.3) is 0 Å². The van der Waals surface area contributed by atoms with E-state index in [-0.39, 0.29) is 0 Å². The summed E-state index contributed by atoms with van der Waals surface area (Å²) in [6.07, 6.45) is 4.02. The Morgan fingerprint density at radius 1 is 1.27 bits per heavy atom. The fraction of sp³-hybridized carbons (Fsp3) is 1.00. The number of nitrogens with zero attached hydrogens (tertiary/aromatic N) is 1. The first-order chi connectivity index (χ1) is 7.30. The SMILES string of the molecule is CCC(CC)CNCC1CCN(CC)C1. The fourth-order valence-electron chi connectivity index (χ4n) is 2.44. The van der Waals surface area contributed by atoms with Crippen LogP contribution in [-0.2, 0) is 0 Å². The minimum Gasteiger partial charge on any atom is -0.316 e. The molecule has 0 aromatic rings. The highest BCUT2D eigenvalue weighted by atomic mass is 15.1. The van der Waals surface area contributed by atoms with Crippen molar-refractivity contribution < 1.29 is 0 Å². The number of likely N-dealkylation sites (tertiary alicyclic amines) is 1. The van der Waals surface area contributed by atoms with Gasteiger partial charge < -0.3 is 10.2 Å². The number of nitrogens with one attached hydrogen (secondary N) is 1. The van der Waals surface area contributed by atoms with Crippen molar-refractivity contribution in [1.29, 1.82) is 0 Å². The lowest BCUT2D eigenvalue weighted by Gasteiger charge is -2.16. The van der Waals surface area contributed by atoms with Crippen molar-refractivity contribution in [3.63, 3.8) is 0 Å². The number of rotatable bonds is 7. The highest BCUT2D eigenvalue weighted by Crippen LogP contribution is 2.14. The standard InChI is InChI=1S/C13H28N2/c1-4-12(5-2)9-14-10-13-7-8-15(6-3)11-13/h12-14H,4-11H2,1-3H3. The second-order valence-corrected chi connectivity index (χ2v) is 4.89. The fourth-order valence-corrected chi connectivity index (χ4v) is 2.44.